The number of ether oxygens (including phenoxy) is 1. The van der Waals surface area contributed by atoms with Gasteiger partial charge >= 0.3 is 0 Å². The van der Waals surface area contributed by atoms with Crippen molar-refractivity contribution in [2.45, 2.75) is 65.6 Å². The predicted molar refractivity (Wildman–Crippen MR) is 118 cm³/mol. The van der Waals surface area contributed by atoms with Crippen molar-refractivity contribution >= 4 is 16.9 Å². The fraction of sp³-hybridized carbons (Fsp3) is 0.435. The number of amides is 1. The van der Waals surface area contributed by atoms with E-state index in [9.17, 15) is 14.3 Å². The summed E-state index contributed by atoms with van der Waals surface area (Å²) >= 11 is 0. The molecule has 2 aromatic heterocycles. The van der Waals surface area contributed by atoms with Crippen molar-refractivity contribution in [1.29, 1.82) is 0 Å². The second-order valence-electron chi connectivity index (χ2n) is 8.52. The highest BCUT2D eigenvalue weighted by molar-refractivity contribution is 5.99. The maximum Gasteiger partial charge on any atom is 0.253 e. The maximum atomic E-state index is 13.3. The molecule has 1 amide bonds. The average molecular weight is 429 g/mol. The largest absolute Gasteiger partial charge is 0.461 e. The van der Waals surface area contributed by atoms with Gasteiger partial charge in [0.15, 0.2) is 0 Å². The van der Waals surface area contributed by atoms with Gasteiger partial charge in [0.25, 0.3) is 5.91 Å². The number of carbonyl (C=O) groups is 1. The van der Waals surface area contributed by atoms with Crippen LogP contribution in [0.25, 0.3) is 22.3 Å². The van der Waals surface area contributed by atoms with Crippen LogP contribution in [0.3, 0.4) is 0 Å². The summed E-state index contributed by atoms with van der Waals surface area (Å²) in [7, 11) is 0. The number of rotatable bonds is 7. The quantitative estimate of drug-likeness (QED) is 0.587. The average Bonchev–Trinajstić information content (AvgIpc) is 3.06. The van der Waals surface area contributed by atoms with Crippen LogP contribution < -0.4 is 10.1 Å². The molecule has 1 aromatic carbocycles. The van der Waals surface area contributed by atoms with Crippen LogP contribution in [0.5, 0.6) is 5.75 Å². The zero-order valence-corrected chi connectivity index (χ0v) is 18.7. The summed E-state index contributed by atoms with van der Waals surface area (Å²) in [5.74, 6) is 0.0711. The molecular formula is C23H29FN4O3. The first-order chi connectivity index (χ1) is 14.5. The lowest BCUT2D eigenvalue weighted by atomic mass is 9.98. The number of carbonyl (C=O) groups excluding carboxylic acids is 1. The van der Waals surface area contributed by atoms with Crippen molar-refractivity contribution < 1.29 is 19.0 Å². The standard InChI is InChI=1S/C23H29FN4O3/c1-13(2)28-19-11-17(22(30)26-23(5,6)14(3)29)12-25-21(19)20(27-28)16-8-7-9-18(10-16)31-15(4)24/h7-15,29H,1-6H3,(H,26,30)/t14-,15?/m1/s1. The molecule has 2 heterocycles. The van der Waals surface area contributed by atoms with Gasteiger partial charge in [0, 0.05) is 24.7 Å². The van der Waals surface area contributed by atoms with Gasteiger partial charge in [-0.3, -0.25) is 14.5 Å². The number of aromatic nitrogens is 3. The van der Waals surface area contributed by atoms with Crippen molar-refractivity contribution in [2.24, 2.45) is 0 Å². The lowest BCUT2D eigenvalue weighted by Crippen LogP contribution is -2.51. The zero-order valence-electron chi connectivity index (χ0n) is 18.7. The fourth-order valence-electron chi connectivity index (χ4n) is 3.10. The number of aliphatic hydroxyl groups excluding tert-OH is 1. The summed E-state index contributed by atoms with van der Waals surface area (Å²) in [6.45, 7) is 10.4. The molecule has 0 saturated carbocycles. The summed E-state index contributed by atoms with van der Waals surface area (Å²) in [5.41, 5.74) is 2.28. The normalized spacial score (nSPS) is 14.0. The molecular weight excluding hydrogens is 399 g/mol. The monoisotopic (exact) mass is 428 g/mol. The SMILES string of the molecule is CC(F)Oc1cccc(-c2nn(C(C)C)c3cc(C(=O)NC(C)(C)[C@@H](C)O)cnc23)c1. The predicted octanol–water partition coefficient (Wildman–Crippen LogP) is 4.26. The highest BCUT2D eigenvalue weighted by Crippen LogP contribution is 2.31. The number of halogens is 1. The Morgan fingerprint density at radius 3 is 2.55 bits per heavy atom. The van der Waals surface area contributed by atoms with Crippen molar-refractivity contribution in [2.75, 3.05) is 0 Å². The number of nitrogens with one attached hydrogen (secondary N) is 1. The molecule has 8 heteroatoms. The van der Waals surface area contributed by atoms with E-state index in [0.29, 0.717) is 28.0 Å². The minimum atomic E-state index is -1.43. The molecule has 0 aliphatic heterocycles. The van der Waals surface area contributed by atoms with E-state index in [1.807, 2.05) is 19.9 Å². The van der Waals surface area contributed by atoms with Crippen molar-refractivity contribution in [3.8, 4) is 17.0 Å². The van der Waals surface area contributed by atoms with E-state index in [0.717, 1.165) is 5.56 Å². The van der Waals surface area contributed by atoms with Crippen LogP contribution in [0.2, 0.25) is 0 Å². The van der Waals surface area contributed by atoms with Gasteiger partial charge in [-0.1, -0.05) is 12.1 Å². The second kappa shape index (κ2) is 8.63. The molecule has 166 valence electrons. The Morgan fingerprint density at radius 1 is 1.23 bits per heavy atom. The molecule has 1 unspecified atom stereocenters. The molecule has 0 fully saturated rings. The van der Waals surface area contributed by atoms with Crippen LogP contribution in [-0.2, 0) is 0 Å². The molecule has 0 saturated heterocycles. The Kier molecular flexibility index (Phi) is 6.31. The summed E-state index contributed by atoms with van der Waals surface area (Å²) in [6, 6.07) is 8.80. The molecule has 31 heavy (non-hydrogen) atoms. The lowest BCUT2D eigenvalue weighted by molar-refractivity contribution is 0.0709. The van der Waals surface area contributed by atoms with E-state index in [1.165, 1.54) is 13.1 Å². The Morgan fingerprint density at radius 2 is 1.94 bits per heavy atom. The van der Waals surface area contributed by atoms with Gasteiger partial charge in [-0.15, -0.1) is 0 Å². The molecule has 0 radical (unpaired) electrons. The second-order valence-corrected chi connectivity index (χ2v) is 8.52. The van der Waals surface area contributed by atoms with E-state index in [4.69, 9.17) is 9.84 Å². The first kappa shape index (κ1) is 22.7. The zero-order chi connectivity index (χ0) is 22.9. The van der Waals surface area contributed by atoms with Gasteiger partial charge < -0.3 is 15.2 Å². The Hall–Kier alpha value is -3.00. The van der Waals surface area contributed by atoms with Crippen LogP contribution in [-0.4, -0.2) is 43.8 Å². The van der Waals surface area contributed by atoms with Gasteiger partial charge in [0.1, 0.15) is 17.0 Å². The van der Waals surface area contributed by atoms with E-state index in [2.05, 4.69) is 10.3 Å². The molecule has 3 rings (SSSR count). The maximum absolute atomic E-state index is 13.3. The first-order valence-corrected chi connectivity index (χ1v) is 10.3. The third kappa shape index (κ3) is 4.85. The number of benzene rings is 1. The van der Waals surface area contributed by atoms with E-state index in [-0.39, 0.29) is 11.9 Å². The molecule has 3 aromatic rings. The topological polar surface area (TPSA) is 89.3 Å². The Labute approximate surface area is 181 Å². The number of hydrogen-bond donors (Lipinski definition) is 2. The highest BCUT2D eigenvalue weighted by atomic mass is 19.1. The smallest absolute Gasteiger partial charge is 0.253 e. The fourth-order valence-corrected chi connectivity index (χ4v) is 3.10. The lowest BCUT2D eigenvalue weighted by Gasteiger charge is -2.29. The van der Waals surface area contributed by atoms with Gasteiger partial charge in [-0.05, 0) is 52.8 Å². The van der Waals surface area contributed by atoms with Crippen molar-refractivity contribution in [1.82, 2.24) is 20.1 Å². The Bertz CT molecular complexity index is 1090. The summed E-state index contributed by atoms with van der Waals surface area (Å²) in [5, 5.41) is 17.4. The minimum Gasteiger partial charge on any atom is -0.461 e. The van der Waals surface area contributed by atoms with Crippen LogP contribution in [0, 0.1) is 0 Å². The summed E-state index contributed by atoms with van der Waals surface area (Å²) in [6.07, 6.45) is -0.650. The molecule has 0 aliphatic carbocycles. The van der Waals surface area contributed by atoms with Crippen LogP contribution in [0.15, 0.2) is 36.5 Å². The number of aliphatic hydroxyl groups is 1. The van der Waals surface area contributed by atoms with Crippen LogP contribution in [0.4, 0.5) is 4.39 Å². The molecule has 0 spiro atoms. The molecule has 2 atom stereocenters. The molecule has 7 nitrogen and oxygen atoms in total. The number of hydrogen-bond acceptors (Lipinski definition) is 5. The van der Waals surface area contributed by atoms with E-state index in [1.54, 1.807) is 49.7 Å². The summed E-state index contributed by atoms with van der Waals surface area (Å²) < 4.78 is 20.2. The molecule has 0 bridgehead atoms. The highest BCUT2D eigenvalue weighted by Gasteiger charge is 2.27. The Balaban J connectivity index is 2.06. The van der Waals surface area contributed by atoms with Crippen molar-refractivity contribution in [3.63, 3.8) is 0 Å². The van der Waals surface area contributed by atoms with Crippen LogP contribution in [0.1, 0.15) is 57.9 Å². The third-order valence-electron chi connectivity index (χ3n) is 5.18. The van der Waals surface area contributed by atoms with Gasteiger partial charge in [-0.25, -0.2) is 4.39 Å². The first-order valence-electron chi connectivity index (χ1n) is 10.3. The molecule has 0 aliphatic rings. The molecule has 2 N–H and O–H groups in total. The number of alkyl halides is 1. The third-order valence-corrected chi connectivity index (χ3v) is 5.18. The number of fused-ring (bicyclic) bond motifs is 1. The number of nitrogens with zero attached hydrogens (tertiary/aromatic N) is 3. The van der Waals surface area contributed by atoms with Gasteiger partial charge in [0.2, 0.25) is 6.36 Å². The van der Waals surface area contributed by atoms with Gasteiger partial charge in [-0.2, -0.15) is 5.10 Å². The van der Waals surface area contributed by atoms with E-state index >= 15 is 0 Å². The minimum absolute atomic E-state index is 0.0237. The van der Waals surface area contributed by atoms with Crippen molar-refractivity contribution in [3.05, 3.63) is 42.1 Å². The van der Waals surface area contributed by atoms with Gasteiger partial charge in [0.05, 0.1) is 22.7 Å². The number of pyridine rings is 1. The van der Waals surface area contributed by atoms with Crippen LogP contribution >= 0.6 is 0 Å². The van der Waals surface area contributed by atoms with E-state index < -0.39 is 18.0 Å². The summed E-state index contributed by atoms with van der Waals surface area (Å²) in [4.78, 5) is 17.3.